The molecule has 3 fully saturated rings. The number of esters is 1. The number of ketones is 2. The Morgan fingerprint density at radius 3 is 2.61 bits per heavy atom. The molecule has 3 aliphatic carbocycles. The molecule has 7 nitrogen and oxygen atoms in total. The summed E-state index contributed by atoms with van der Waals surface area (Å²) in [6.07, 6.45) is -1.25. The van der Waals surface area contributed by atoms with Crippen molar-refractivity contribution < 1.29 is 34.1 Å². The van der Waals surface area contributed by atoms with Crippen LogP contribution in [0.5, 0.6) is 0 Å². The van der Waals surface area contributed by atoms with Crippen molar-refractivity contribution in [2.24, 2.45) is 34.5 Å². The van der Waals surface area contributed by atoms with Gasteiger partial charge in [-0.15, -0.1) is 0 Å². The topological polar surface area (TPSA) is 110 Å². The van der Waals surface area contributed by atoms with E-state index in [9.17, 15) is 24.6 Å². The van der Waals surface area contributed by atoms with E-state index in [4.69, 9.17) is 9.47 Å². The van der Waals surface area contributed by atoms with Gasteiger partial charge in [0.25, 0.3) is 0 Å². The van der Waals surface area contributed by atoms with E-state index < -0.39 is 52.5 Å². The predicted octanol–water partition coefficient (Wildman–Crippen LogP) is 0.663. The molecular weight excluding hydrogens is 364 g/mol. The highest BCUT2D eigenvalue weighted by molar-refractivity contribution is 5.98. The molecule has 4 aliphatic rings. The van der Waals surface area contributed by atoms with Crippen LogP contribution in [-0.2, 0) is 23.9 Å². The van der Waals surface area contributed by atoms with Crippen LogP contribution in [0.4, 0.5) is 0 Å². The van der Waals surface area contributed by atoms with Crippen LogP contribution in [0, 0.1) is 34.5 Å². The maximum atomic E-state index is 13.5. The van der Waals surface area contributed by atoms with Crippen molar-refractivity contribution in [3.63, 3.8) is 0 Å². The van der Waals surface area contributed by atoms with Gasteiger partial charge in [0.05, 0.1) is 6.61 Å². The van der Waals surface area contributed by atoms with Gasteiger partial charge in [0, 0.05) is 30.3 Å². The first-order valence-corrected chi connectivity index (χ1v) is 9.91. The van der Waals surface area contributed by atoms with Crippen LogP contribution in [0.25, 0.3) is 0 Å². The maximum absolute atomic E-state index is 13.5. The summed E-state index contributed by atoms with van der Waals surface area (Å²) < 4.78 is 11.3. The Morgan fingerprint density at radius 1 is 1.29 bits per heavy atom. The lowest BCUT2D eigenvalue weighted by atomic mass is 9.38. The average molecular weight is 392 g/mol. The van der Waals surface area contributed by atoms with Crippen molar-refractivity contribution in [2.45, 2.75) is 51.9 Å². The molecule has 1 saturated heterocycles. The number of aliphatic hydroxyl groups excluding tert-OH is 2. The number of carbonyl (C=O) groups is 3. The lowest BCUT2D eigenvalue weighted by Crippen LogP contribution is -2.75. The molecule has 9 atom stereocenters. The fraction of sp³-hybridized carbons (Fsp3) is 0.762. The molecule has 154 valence electrons. The first kappa shape index (κ1) is 19.7. The molecule has 2 saturated carbocycles. The highest BCUT2D eigenvalue weighted by Crippen LogP contribution is 2.67. The minimum atomic E-state index is -1.36. The van der Waals surface area contributed by atoms with Crippen molar-refractivity contribution in [2.75, 3.05) is 13.7 Å². The zero-order valence-electron chi connectivity index (χ0n) is 16.7. The van der Waals surface area contributed by atoms with Gasteiger partial charge in [-0.2, -0.15) is 0 Å². The van der Waals surface area contributed by atoms with E-state index >= 15 is 0 Å². The number of ether oxygens (including phenoxy) is 2. The highest BCUT2D eigenvalue weighted by atomic mass is 16.5. The third-order valence-electron chi connectivity index (χ3n) is 8.19. The predicted molar refractivity (Wildman–Crippen MR) is 96.9 cm³/mol. The Labute approximate surface area is 164 Å². The van der Waals surface area contributed by atoms with Crippen molar-refractivity contribution in [3.8, 4) is 0 Å². The molecule has 1 heterocycles. The van der Waals surface area contributed by atoms with Crippen molar-refractivity contribution in [3.05, 3.63) is 11.6 Å². The number of carbonyl (C=O) groups excluding carboxylic acids is 3. The molecule has 0 aromatic carbocycles. The fourth-order valence-corrected chi connectivity index (χ4v) is 7.01. The molecule has 0 amide bonds. The lowest BCUT2D eigenvalue weighted by molar-refractivity contribution is -0.262. The standard InChI is InChI=1S/C21H28O7/c1-9-5-13(22)19(26)20(3)11(9)6-14-21(8-27-4)12(7-15(23)28-14)10(2)16(24)17(25)18(20)21/h5,10-12,14,16,18-19,24,26H,6-8H2,1-4H3/t10-,11-,12-,14+,16-,18-,19+,20-,21+/m0/s1. The van der Waals surface area contributed by atoms with E-state index in [1.807, 2.05) is 6.92 Å². The molecule has 0 unspecified atom stereocenters. The third kappa shape index (κ3) is 2.18. The molecule has 7 heteroatoms. The molecular formula is C21H28O7. The van der Waals surface area contributed by atoms with Gasteiger partial charge >= 0.3 is 5.97 Å². The van der Waals surface area contributed by atoms with Crippen molar-refractivity contribution in [1.82, 2.24) is 0 Å². The normalized spacial score (nSPS) is 50.4. The largest absolute Gasteiger partial charge is 0.462 e. The number of hydrogen-bond donors (Lipinski definition) is 2. The SMILES string of the molecule is COC[C@@]12[C@H]3C[C@H]4C(C)=CC(=O)[C@@H](O)[C@]4(C)[C@@H]1C(=O)[C@@H](O)[C@@H](C)[C@@H]2CC(=O)O3. The second-order valence-electron chi connectivity index (χ2n) is 9.32. The number of aliphatic hydroxyl groups is 2. The average Bonchev–Trinajstić information content (AvgIpc) is 2.63. The maximum Gasteiger partial charge on any atom is 0.306 e. The van der Waals surface area contributed by atoms with Crippen LogP contribution in [0.2, 0.25) is 0 Å². The van der Waals surface area contributed by atoms with Gasteiger partial charge in [0.2, 0.25) is 0 Å². The van der Waals surface area contributed by atoms with E-state index in [-0.39, 0.29) is 30.8 Å². The van der Waals surface area contributed by atoms with Crippen LogP contribution in [0.15, 0.2) is 11.6 Å². The van der Waals surface area contributed by atoms with Gasteiger partial charge in [-0.1, -0.05) is 19.4 Å². The van der Waals surface area contributed by atoms with E-state index in [0.29, 0.717) is 6.42 Å². The molecule has 0 aromatic rings. The van der Waals surface area contributed by atoms with Crippen LogP contribution in [-0.4, -0.2) is 59.8 Å². The van der Waals surface area contributed by atoms with Gasteiger partial charge in [-0.05, 0) is 37.2 Å². The number of rotatable bonds is 2. The van der Waals surface area contributed by atoms with E-state index in [2.05, 4.69) is 0 Å². The van der Waals surface area contributed by atoms with Crippen LogP contribution in [0.1, 0.15) is 33.6 Å². The number of hydrogen-bond acceptors (Lipinski definition) is 7. The zero-order chi connectivity index (χ0) is 20.6. The van der Waals surface area contributed by atoms with Crippen molar-refractivity contribution in [1.29, 1.82) is 0 Å². The number of Topliss-reactive ketones (excluding diaryl/α,β-unsaturated/α-hetero) is 1. The van der Waals surface area contributed by atoms with Gasteiger partial charge < -0.3 is 19.7 Å². The summed E-state index contributed by atoms with van der Waals surface area (Å²) in [5, 5.41) is 21.7. The summed E-state index contributed by atoms with van der Waals surface area (Å²) >= 11 is 0. The molecule has 0 radical (unpaired) electrons. The van der Waals surface area contributed by atoms with Crippen LogP contribution < -0.4 is 0 Å². The summed E-state index contributed by atoms with van der Waals surface area (Å²) in [5.41, 5.74) is -1.20. The summed E-state index contributed by atoms with van der Waals surface area (Å²) in [6, 6.07) is 0. The quantitative estimate of drug-likeness (QED) is 0.665. The summed E-state index contributed by atoms with van der Waals surface area (Å²) in [5.74, 6) is -3.09. The van der Waals surface area contributed by atoms with Gasteiger partial charge in [0.15, 0.2) is 11.6 Å². The molecule has 1 aliphatic heterocycles. The van der Waals surface area contributed by atoms with Gasteiger partial charge in [-0.3, -0.25) is 14.4 Å². The number of methoxy groups -OCH3 is 1. The molecule has 0 bridgehead atoms. The molecule has 28 heavy (non-hydrogen) atoms. The molecule has 2 N–H and O–H groups in total. The summed E-state index contributed by atoms with van der Waals surface area (Å²) in [6.45, 7) is 5.52. The Bertz CT molecular complexity index is 773. The summed E-state index contributed by atoms with van der Waals surface area (Å²) in [4.78, 5) is 38.4. The minimum Gasteiger partial charge on any atom is -0.462 e. The Balaban J connectivity index is 1.99. The first-order chi connectivity index (χ1) is 13.1. The number of fused-ring (bicyclic) bond motifs is 2. The second kappa shape index (κ2) is 6.21. The monoisotopic (exact) mass is 392 g/mol. The Kier molecular flexibility index (Phi) is 4.38. The van der Waals surface area contributed by atoms with Crippen LogP contribution >= 0.6 is 0 Å². The Hall–Kier alpha value is -1.57. The van der Waals surface area contributed by atoms with E-state index in [0.717, 1.165) is 5.57 Å². The first-order valence-electron chi connectivity index (χ1n) is 9.91. The highest BCUT2D eigenvalue weighted by Gasteiger charge is 2.74. The minimum absolute atomic E-state index is 0.0848. The van der Waals surface area contributed by atoms with Crippen molar-refractivity contribution >= 4 is 17.5 Å². The second-order valence-corrected chi connectivity index (χ2v) is 9.32. The van der Waals surface area contributed by atoms with E-state index in [1.54, 1.807) is 13.8 Å². The smallest absolute Gasteiger partial charge is 0.306 e. The van der Waals surface area contributed by atoms with Crippen LogP contribution in [0.3, 0.4) is 0 Å². The Morgan fingerprint density at radius 2 is 1.96 bits per heavy atom. The van der Waals surface area contributed by atoms with Gasteiger partial charge in [-0.25, -0.2) is 0 Å². The lowest BCUT2D eigenvalue weighted by Gasteiger charge is -2.67. The number of allylic oxidation sites excluding steroid dienone is 1. The molecule has 0 aromatic heterocycles. The molecule has 0 spiro atoms. The zero-order valence-corrected chi connectivity index (χ0v) is 16.7. The molecule has 4 rings (SSSR count). The third-order valence-corrected chi connectivity index (χ3v) is 8.19. The fourth-order valence-electron chi connectivity index (χ4n) is 7.01. The van der Waals surface area contributed by atoms with Gasteiger partial charge in [0.1, 0.15) is 18.3 Å². The summed E-state index contributed by atoms with van der Waals surface area (Å²) in [7, 11) is 1.53. The van der Waals surface area contributed by atoms with E-state index in [1.165, 1.54) is 13.2 Å².